The molecule has 0 aliphatic carbocycles. The third-order valence-corrected chi connectivity index (χ3v) is 2.60. The molecule has 0 unspecified atom stereocenters. The van der Waals surface area contributed by atoms with Crippen molar-refractivity contribution in [2.45, 2.75) is 0 Å². The van der Waals surface area contributed by atoms with E-state index >= 15 is 0 Å². The summed E-state index contributed by atoms with van der Waals surface area (Å²) in [6.45, 7) is 4.54. The third kappa shape index (κ3) is 2.53. The monoisotopic (exact) mass is 152 g/mol. The quantitative estimate of drug-likeness (QED) is 0.413. The fourth-order valence-electron chi connectivity index (χ4n) is 0.726. The van der Waals surface area contributed by atoms with Gasteiger partial charge in [0.15, 0.2) is 0 Å². The van der Waals surface area contributed by atoms with Gasteiger partial charge in [0.05, 0.1) is 8.41 Å². The van der Waals surface area contributed by atoms with Crippen LogP contribution in [0, 0.1) is 0 Å². The Morgan fingerprint density at radius 2 is 1.50 bits per heavy atom. The number of hydrogen-bond donors (Lipinski definition) is 0. The van der Waals surface area contributed by atoms with E-state index in [4.69, 9.17) is 0 Å². The van der Waals surface area contributed by atoms with Gasteiger partial charge in [0.2, 0.25) is 0 Å². The number of rotatable bonds is 1. The molecule has 54 valence electrons. The van der Waals surface area contributed by atoms with Gasteiger partial charge in [-0.05, 0) is 18.6 Å². The van der Waals surface area contributed by atoms with E-state index in [1.807, 2.05) is 0 Å². The summed E-state index contributed by atoms with van der Waals surface area (Å²) in [5, 5.41) is 1.48. The molecule has 0 N–H and O–H groups in total. The summed E-state index contributed by atoms with van der Waals surface area (Å²) in [6.07, 6.45) is 0. The van der Waals surface area contributed by atoms with Crippen molar-refractivity contribution in [1.82, 2.24) is 0 Å². The van der Waals surface area contributed by atoms with Crippen molar-refractivity contribution in [2.24, 2.45) is 0 Å². The first-order valence-corrected chi connectivity index (χ1v) is 5.26. The van der Waals surface area contributed by atoms with Crippen LogP contribution >= 0.6 is 7.92 Å². The van der Waals surface area contributed by atoms with Crippen LogP contribution in [0.5, 0.6) is 0 Å². The first kappa shape index (κ1) is 9.71. The largest absolute Gasteiger partial charge is 0.0817 e. The van der Waals surface area contributed by atoms with Crippen LogP contribution in [0.15, 0.2) is 30.3 Å². The van der Waals surface area contributed by atoms with Gasteiger partial charge in [-0.3, -0.25) is 0 Å². The van der Waals surface area contributed by atoms with Gasteiger partial charge in [0, 0.05) is 0 Å². The van der Waals surface area contributed by atoms with Crippen molar-refractivity contribution in [3.8, 4) is 0 Å². The number of hydrogen-bond acceptors (Lipinski definition) is 0. The zero-order valence-electron chi connectivity index (χ0n) is 5.83. The van der Waals surface area contributed by atoms with Crippen LogP contribution in [-0.4, -0.2) is 21.7 Å². The third-order valence-electron chi connectivity index (χ3n) is 1.27. The van der Waals surface area contributed by atoms with Crippen molar-refractivity contribution in [1.29, 1.82) is 0 Å². The van der Waals surface area contributed by atoms with Crippen LogP contribution in [0.2, 0.25) is 0 Å². The Morgan fingerprint density at radius 1 is 1.00 bits per heavy atom. The van der Waals surface area contributed by atoms with Crippen molar-refractivity contribution >= 4 is 21.6 Å². The second-order valence-electron chi connectivity index (χ2n) is 2.23. The zero-order chi connectivity index (χ0) is 6.69. The predicted octanol–water partition coefficient (Wildman–Crippen LogP) is 0.869. The van der Waals surface area contributed by atoms with Crippen LogP contribution < -0.4 is 5.30 Å². The fraction of sp³-hybridized carbons (Fsp3) is 0.250. The van der Waals surface area contributed by atoms with E-state index in [-0.39, 0.29) is 16.3 Å². The van der Waals surface area contributed by atoms with E-state index in [0.29, 0.717) is 0 Å². The summed E-state index contributed by atoms with van der Waals surface area (Å²) in [6, 6.07) is 10.6. The summed E-state index contributed by atoms with van der Waals surface area (Å²) in [4.78, 5) is 0. The highest BCUT2D eigenvalue weighted by molar-refractivity contribution is 7.64. The van der Waals surface area contributed by atoms with Crippen molar-refractivity contribution in [3.63, 3.8) is 0 Å². The van der Waals surface area contributed by atoms with Gasteiger partial charge in [-0.25, -0.2) is 0 Å². The summed E-state index contributed by atoms with van der Waals surface area (Å²) in [7, 11) is 0.104. The van der Waals surface area contributed by atoms with E-state index in [1.54, 1.807) is 0 Å². The van der Waals surface area contributed by atoms with E-state index in [1.165, 1.54) is 5.30 Å². The van der Waals surface area contributed by atoms with Crippen LogP contribution in [0.4, 0.5) is 0 Å². The first-order chi connectivity index (χ1) is 4.30. The van der Waals surface area contributed by atoms with Gasteiger partial charge in [0.1, 0.15) is 0 Å². The Balaban J connectivity index is 0.000000810. The lowest BCUT2D eigenvalue weighted by atomic mass is 10.4. The molecule has 0 spiro atoms. The highest BCUT2D eigenvalue weighted by atomic mass is 31.1. The molecule has 0 aliphatic heterocycles. The Labute approximate surface area is 66.0 Å². The fourth-order valence-corrected chi connectivity index (χ4v) is 1.49. The standard InChI is InChI=1S/C8H11P.BH3/c1-9(2)8-6-4-3-5-7-8;/h3-7H,1-2H3;1H3. The average molecular weight is 152 g/mol. The highest BCUT2D eigenvalue weighted by Gasteiger charge is 1.92. The van der Waals surface area contributed by atoms with E-state index < -0.39 is 0 Å². The minimum Gasteiger partial charge on any atom is -0.0817 e. The molecule has 0 saturated carbocycles. The smallest absolute Gasteiger partial charge is 0.0814 e. The minimum absolute atomic E-state index is 0. The SMILES string of the molecule is B.CP(C)c1ccccc1. The molecule has 0 saturated heterocycles. The molecule has 1 rings (SSSR count). The Kier molecular flexibility index (Phi) is 4.39. The predicted molar refractivity (Wildman–Crippen MR) is 54.8 cm³/mol. The lowest BCUT2D eigenvalue weighted by molar-refractivity contribution is 1.77. The molecule has 0 atom stereocenters. The van der Waals surface area contributed by atoms with Crippen LogP contribution in [0.25, 0.3) is 0 Å². The molecular weight excluding hydrogens is 138 g/mol. The summed E-state index contributed by atoms with van der Waals surface area (Å²) < 4.78 is 0. The molecule has 2 heteroatoms. The maximum atomic E-state index is 2.27. The normalized spacial score (nSPS) is 9.10. The zero-order valence-corrected chi connectivity index (χ0v) is 6.73. The maximum Gasteiger partial charge on any atom is 0.0814 e. The van der Waals surface area contributed by atoms with Gasteiger partial charge in [0.25, 0.3) is 0 Å². The summed E-state index contributed by atoms with van der Waals surface area (Å²) in [5.41, 5.74) is 0. The van der Waals surface area contributed by atoms with Crippen molar-refractivity contribution in [3.05, 3.63) is 30.3 Å². The van der Waals surface area contributed by atoms with Crippen molar-refractivity contribution in [2.75, 3.05) is 13.3 Å². The Hall–Kier alpha value is -0.285. The minimum atomic E-state index is 0. The average Bonchev–Trinajstić information content (AvgIpc) is 1.90. The van der Waals surface area contributed by atoms with Crippen LogP contribution in [-0.2, 0) is 0 Å². The Morgan fingerprint density at radius 3 is 1.80 bits per heavy atom. The molecule has 10 heavy (non-hydrogen) atoms. The van der Waals surface area contributed by atoms with Crippen LogP contribution in [0.1, 0.15) is 0 Å². The number of benzene rings is 1. The molecule has 0 heterocycles. The molecule has 0 radical (unpaired) electrons. The maximum absolute atomic E-state index is 2.27. The molecule has 0 nitrogen and oxygen atoms in total. The highest BCUT2D eigenvalue weighted by Crippen LogP contribution is 2.22. The molecular formula is C8H14BP. The molecule has 0 fully saturated rings. The lowest BCUT2D eigenvalue weighted by Crippen LogP contribution is -1.95. The van der Waals surface area contributed by atoms with Gasteiger partial charge in [-0.2, -0.15) is 0 Å². The van der Waals surface area contributed by atoms with Gasteiger partial charge >= 0.3 is 0 Å². The van der Waals surface area contributed by atoms with E-state index in [9.17, 15) is 0 Å². The van der Waals surface area contributed by atoms with Gasteiger partial charge in [-0.15, -0.1) is 0 Å². The van der Waals surface area contributed by atoms with Crippen LogP contribution in [0.3, 0.4) is 0 Å². The summed E-state index contributed by atoms with van der Waals surface area (Å²) >= 11 is 0. The van der Waals surface area contributed by atoms with E-state index in [0.717, 1.165) is 0 Å². The topological polar surface area (TPSA) is 0 Å². The molecule has 0 aromatic heterocycles. The summed E-state index contributed by atoms with van der Waals surface area (Å²) in [5.74, 6) is 0. The molecule has 0 aliphatic rings. The molecule has 0 amide bonds. The van der Waals surface area contributed by atoms with Gasteiger partial charge in [-0.1, -0.05) is 38.3 Å². The first-order valence-electron chi connectivity index (χ1n) is 3.03. The molecule has 0 bridgehead atoms. The second-order valence-corrected chi connectivity index (χ2v) is 4.54. The second kappa shape index (κ2) is 4.52. The van der Waals surface area contributed by atoms with E-state index in [2.05, 4.69) is 43.7 Å². The van der Waals surface area contributed by atoms with Crippen molar-refractivity contribution < 1.29 is 0 Å². The molecule has 1 aromatic rings. The molecule has 1 aromatic carbocycles. The lowest BCUT2D eigenvalue weighted by Gasteiger charge is -2.02. The Bertz CT molecular complexity index is 172. The van der Waals surface area contributed by atoms with Gasteiger partial charge < -0.3 is 0 Å².